The zero-order valence-electron chi connectivity index (χ0n) is 16.6. The molecule has 160 valence electrons. The number of benzene rings is 1. The van der Waals surface area contributed by atoms with Crippen molar-refractivity contribution in [1.29, 1.82) is 0 Å². The van der Waals surface area contributed by atoms with Gasteiger partial charge in [0.15, 0.2) is 5.78 Å². The number of halogens is 1. The summed E-state index contributed by atoms with van der Waals surface area (Å²) in [5.41, 5.74) is -0.708. The number of nitrogens with zero attached hydrogens (tertiary/aromatic N) is 2. The van der Waals surface area contributed by atoms with Crippen LogP contribution in [0.2, 0.25) is 5.02 Å². The number of thiophene rings is 1. The summed E-state index contributed by atoms with van der Waals surface area (Å²) in [5.74, 6) is -0.993. The number of hydrogen-bond donors (Lipinski definition) is 2. The molecule has 2 N–H and O–H groups in total. The van der Waals surface area contributed by atoms with E-state index in [2.05, 4.69) is 5.32 Å². The first-order valence-corrected chi connectivity index (χ1v) is 10.7. The molecular weight excluding hydrogens is 430 g/mol. The highest BCUT2D eigenvalue weighted by atomic mass is 35.5. The van der Waals surface area contributed by atoms with Crippen LogP contribution in [0.4, 0.5) is 4.79 Å². The first kappa shape index (κ1) is 22.2. The van der Waals surface area contributed by atoms with Crippen LogP contribution in [0, 0.1) is 6.92 Å². The van der Waals surface area contributed by atoms with Crippen molar-refractivity contribution < 1.29 is 24.4 Å². The van der Waals surface area contributed by atoms with E-state index in [1.807, 2.05) is 13.0 Å². The molecule has 1 aliphatic heterocycles. The summed E-state index contributed by atoms with van der Waals surface area (Å²) < 4.78 is 0.886. The molecule has 2 heterocycles. The zero-order valence-corrected chi connectivity index (χ0v) is 18.2. The molecule has 0 unspecified atom stereocenters. The van der Waals surface area contributed by atoms with Crippen LogP contribution in [-0.4, -0.2) is 57.9 Å². The lowest BCUT2D eigenvalue weighted by Gasteiger charge is -2.28. The second-order valence-electron chi connectivity index (χ2n) is 7.33. The number of ketones is 1. The van der Waals surface area contributed by atoms with Crippen molar-refractivity contribution in [2.75, 3.05) is 13.1 Å². The number of carbonyl (C=O) groups excluding carboxylic acids is 4. The molecule has 8 nitrogen and oxygen atoms in total. The van der Waals surface area contributed by atoms with Gasteiger partial charge in [-0.1, -0.05) is 31.4 Å². The summed E-state index contributed by atoms with van der Waals surface area (Å²) in [7, 11) is 0. The number of imide groups is 1. The molecule has 30 heavy (non-hydrogen) atoms. The summed E-state index contributed by atoms with van der Waals surface area (Å²) in [4.78, 5) is 50.8. The van der Waals surface area contributed by atoms with Gasteiger partial charge in [-0.15, -0.1) is 11.3 Å². The van der Waals surface area contributed by atoms with Crippen molar-refractivity contribution in [2.24, 2.45) is 0 Å². The lowest BCUT2D eigenvalue weighted by molar-refractivity contribution is -0.157. The minimum absolute atomic E-state index is 0.173. The van der Waals surface area contributed by atoms with Crippen LogP contribution in [0.25, 0.3) is 10.1 Å². The van der Waals surface area contributed by atoms with Gasteiger partial charge in [0.2, 0.25) is 6.41 Å². The number of hydroxylamine groups is 2. The molecule has 0 bridgehead atoms. The first-order valence-electron chi connectivity index (χ1n) is 9.49. The number of nitrogens with one attached hydrogen (secondary N) is 1. The lowest BCUT2D eigenvalue weighted by Crippen LogP contribution is -2.54. The van der Waals surface area contributed by atoms with Crippen LogP contribution >= 0.6 is 22.9 Å². The van der Waals surface area contributed by atoms with E-state index < -0.39 is 24.0 Å². The van der Waals surface area contributed by atoms with Crippen molar-refractivity contribution >= 4 is 57.2 Å². The fourth-order valence-electron chi connectivity index (χ4n) is 3.64. The molecule has 0 aliphatic carbocycles. The van der Waals surface area contributed by atoms with Crippen molar-refractivity contribution in [3.8, 4) is 0 Å². The summed E-state index contributed by atoms with van der Waals surface area (Å²) >= 11 is 7.33. The van der Waals surface area contributed by atoms with Gasteiger partial charge in [0, 0.05) is 9.72 Å². The first-order chi connectivity index (χ1) is 14.2. The van der Waals surface area contributed by atoms with Gasteiger partial charge in [-0.25, -0.2) is 9.86 Å². The van der Waals surface area contributed by atoms with Gasteiger partial charge < -0.3 is 5.32 Å². The van der Waals surface area contributed by atoms with E-state index in [4.69, 9.17) is 11.6 Å². The number of unbranched alkanes of at least 4 members (excludes halogenated alkanes) is 1. The average Bonchev–Trinajstić information content (AvgIpc) is 3.15. The Labute approximate surface area is 182 Å². The molecule has 3 rings (SSSR count). The van der Waals surface area contributed by atoms with E-state index in [1.54, 1.807) is 19.1 Å². The van der Waals surface area contributed by atoms with E-state index >= 15 is 0 Å². The topological polar surface area (TPSA) is 107 Å². The molecule has 2 aromatic rings. The smallest absolute Gasteiger partial charge is 0.321 e. The molecule has 1 saturated heterocycles. The molecule has 0 saturated carbocycles. The third kappa shape index (κ3) is 4.05. The molecule has 1 atom stereocenters. The molecule has 1 aromatic carbocycles. The van der Waals surface area contributed by atoms with Crippen LogP contribution in [-0.2, 0) is 9.59 Å². The number of rotatable bonds is 9. The highest BCUT2D eigenvalue weighted by Crippen LogP contribution is 2.33. The number of carbonyl (C=O) groups is 4. The SMILES string of the molecule is CCCC[C@@]1(CN(O)C=O)NC(=O)N(CC(=O)c2sc3ccc(Cl)cc3c2C)C1=O. The lowest BCUT2D eigenvalue weighted by atomic mass is 9.92. The quantitative estimate of drug-likeness (QED) is 0.200. The van der Waals surface area contributed by atoms with Gasteiger partial charge in [-0.3, -0.25) is 24.5 Å². The maximum Gasteiger partial charge on any atom is 0.325 e. The Morgan fingerprint density at radius 2 is 2.13 bits per heavy atom. The molecule has 0 spiro atoms. The van der Waals surface area contributed by atoms with E-state index in [9.17, 15) is 24.4 Å². The third-order valence-electron chi connectivity index (χ3n) is 5.21. The third-order valence-corrected chi connectivity index (χ3v) is 6.76. The van der Waals surface area contributed by atoms with Gasteiger partial charge >= 0.3 is 6.03 Å². The minimum Gasteiger partial charge on any atom is -0.321 e. The standard InChI is InChI=1S/C20H22ClN3O5S/c1-3-4-7-20(10-23(29)11-25)18(27)24(19(28)22-20)9-15(26)17-12(2)14-8-13(21)5-6-16(14)30-17/h5-6,8,11,29H,3-4,7,9-10H2,1-2H3,(H,22,28)/t20-/m0/s1. The molecule has 10 heteroatoms. The van der Waals surface area contributed by atoms with Crippen LogP contribution in [0.1, 0.15) is 41.4 Å². The Hall–Kier alpha value is -2.49. The summed E-state index contributed by atoms with van der Waals surface area (Å²) in [6, 6.07) is 4.62. The van der Waals surface area contributed by atoms with Crippen molar-refractivity contribution in [3.05, 3.63) is 33.7 Å². The maximum absolute atomic E-state index is 13.1. The second-order valence-corrected chi connectivity index (χ2v) is 8.82. The normalized spacial score (nSPS) is 18.7. The molecular formula is C20H22ClN3O5S. The largest absolute Gasteiger partial charge is 0.325 e. The van der Waals surface area contributed by atoms with Crippen LogP contribution in [0.3, 0.4) is 0 Å². The molecule has 4 amide bonds. The van der Waals surface area contributed by atoms with Crippen LogP contribution in [0.5, 0.6) is 0 Å². The van der Waals surface area contributed by atoms with Gasteiger partial charge in [0.05, 0.1) is 18.0 Å². The number of aryl methyl sites for hydroxylation is 1. The maximum atomic E-state index is 13.1. The van der Waals surface area contributed by atoms with E-state index in [1.165, 1.54) is 11.3 Å². The highest BCUT2D eigenvalue weighted by molar-refractivity contribution is 7.21. The van der Waals surface area contributed by atoms with Gasteiger partial charge in [0.25, 0.3) is 5.91 Å². The van der Waals surface area contributed by atoms with Gasteiger partial charge in [0.1, 0.15) is 5.54 Å². The summed E-state index contributed by atoms with van der Waals surface area (Å²) in [6.45, 7) is 2.91. The highest BCUT2D eigenvalue weighted by Gasteiger charge is 2.52. The molecule has 1 fully saturated rings. The Balaban J connectivity index is 1.86. The Morgan fingerprint density at radius 1 is 1.40 bits per heavy atom. The number of urea groups is 1. The monoisotopic (exact) mass is 451 g/mol. The van der Waals surface area contributed by atoms with Crippen LogP contribution in [0.15, 0.2) is 18.2 Å². The Kier molecular flexibility index (Phi) is 6.44. The number of fused-ring (bicyclic) bond motifs is 1. The second kappa shape index (κ2) is 8.71. The van der Waals surface area contributed by atoms with Crippen molar-refractivity contribution in [2.45, 2.75) is 38.6 Å². The number of amides is 4. The summed E-state index contributed by atoms with van der Waals surface area (Å²) in [5, 5.41) is 14.0. The van der Waals surface area contributed by atoms with Crippen LogP contribution < -0.4 is 5.32 Å². The average molecular weight is 452 g/mol. The molecule has 0 radical (unpaired) electrons. The Bertz CT molecular complexity index is 1020. The van der Waals surface area contributed by atoms with Crippen molar-refractivity contribution in [3.63, 3.8) is 0 Å². The fourth-order valence-corrected chi connectivity index (χ4v) is 4.93. The van der Waals surface area contributed by atoms with Gasteiger partial charge in [-0.05, 0) is 42.5 Å². The predicted octanol–water partition coefficient (Wildman–Crippen LogP) is 3.37. The predicted molar refractivity (Wildman–Crippen MR) is 113 cm³/mol. The van der Waals surface area contributed by atoms with Gasteiger partial charge in [-0.2, -0.15) is 0 Å². The zero-order chi connectivity index (χ0) is 22.1. The number of Topliss-reactive ketones (excluding diaryl/α,β-unsaturated/α-hetero) is 1. The van der Waals surface area contributed by atoms with E-state index in [-0.39, 0.29) is 25.2 Å². The minimum atomic E-state index is -1.45. The molecule has 1 aliphatic rings. The number of hydrogen-bond acceptors (Lipinski definition) is 6. The van der Waals surface area contributed by atoms with Crippen molar-refractivity contribution in [1.82, 2.24) is 15.3 Å². The molecule has 1 aromatic heterocycles. The fraction of sp³-hybridized carbons (Fsp3) is 0.400. The van der Waals surface area contributed by atoms with E-state index in [0.29, 0.717) is 21.4 Å². The Morgan fingerprint density at radius 3 is 2.80 bits per heavy atom. The summed E-state index contributed by atoms with van der Waals surface area (Å²) in [6.07, 6.45) is 1.76. The van der Waals surface area contributed by atoms with E-state index in [0.717, 1.165) is 27.0 Å².